The molecule has 4 nitrogen and oxygen atoms in total. The highest BCUT2D eigenvalue weighted by Crippen LogP contribution is 2.22. The predicted octanol–water partition coefficient (Wildman–Crippen LogP) is 2.43. The van der Waals surface area contributed by atoms with Gasteiger partial charge in [0.1, 0.15) is 4.99 Å². The second-order valence-electron chi connectivity index (χ2n) is 3.89. The van der Waals surface area contributed by atoms with Crippen LogP contribution in [0.4, 0.5) is 5.69 Å². The Bertz CT molecular complexity index is 579. The van der Waals surface area contributed by atoms with Crippen LogP contribution in [0, 0.1) is 0 Å². The normalized spacial score (nSPS) is 10.3. The fourth-order valence-electron chi connectivity index (χ4n) is 1.62. The number of aromatic nitrogens is 2. The molecule has 0 amide bonds. The lowest BCUT2D eigenvalue weighted by Crippen LogP contribution is -2.13. The second kappa shape index (κ2) is 5.49. The van der Waals surface area contributed by atoms with E-state index >= 15 is 0 Å². The molecule has 1 heterocycles. The second-order valence-corrected chi connectivity index (χ2v) is 5.24. The van der Waals surface area contributed by atoms with Gasteiger partial charge in [0.2, 0.25) is 0 Å². The van der Waals surface area contributed by atoms with E-state index in [1.54, 1.807) is 4.68 Å². The first kappa shape index (κ1) is 13.0. The fourth-order valence-corrected chi connectivity index (χ4v) is 2.16. The van der Waals surface area contributed by atoms with Crippen LogP contribution < -0.4 is 11.1 Å². The van der Waals surface area contributed by atoms with Gasteiger partial charge in [0.05, 0.1) is 12.2 Å². The molecule has 0 aliphatic heterocycles. The van der Waals surface area contributed by atoms with Crippen LogP contribution in [0.15, 0.2) is 34.9 Å². The molecule has 0 unspecified atom stereocenters. The minimum atomic E-state index is 0.381. The van der Waals surface area contributed by atoms with Crippen LogP contribution in [0.25, 0.3) is 0 Å². The number of rotatable bonds is 4. The molecule has 0 aliphatic rings. The highest BCUT2D eigenvalue weighted by molar-refractivity contribution is 9.10. The number of nitrogens with two attached hydrogens (primary N) is 1. The molecule has 1 aromatic carbocycles. The highest BCUT2D eigenvalue weighted by atomic mass is 79.9. The van der Waals surface area contributed by atoms with Crippen LogP contribution in [-0.2, 0) is 13.6 Å². The fraction of sp³-hybridized carbons (Fsp3) is 0.167. The van der Waals surface area contributed by atoms with Crippen molar-refractivity contribution in [2.24, 2.45) is 12.8 Å². The number of benzene rings is 1. The average molecular weight is 325 g/mol. The summed E-state index contributed by atoms with van der Waals surface area (Å²) in [6, 6.07) is 7.73. The minimum absolute atomic E-state index is 0.381. The SMILES string of the molecule is Cn1ccc(CNc2cc(Br)ccc2C(N)=S)n1. The van der Waals surface area contributed by atoms with E-state index in [0.717, 1.165) is 21.4 Å². The number of nitrogens with zero attached hydrogens (tertiary/aromatic N) is 2. The van der Waals surface area contributed by atoms with Crippen molar-refractivity contribution in [3.8, 4) is 0 Å². The summed E-state index contributed by atoms with van der Waals surface area (Å²) in [5, 5.41) is 7.59. The minimum Gasteiger partial charge on any atom is -0.389 e. The van der Waals surface area contributed by atoms with E-state index in [-0.39, 0.29) is 0 Å². The molecule has 18 heavy (non-hydrogen) atoms. The number of hydrogen-bond donors (Lipinski definition) is 2. The number of thiocarbonyl (C=S) groups is 1. The Labute approximate surface area is 119 Å². The van der Waals surface area contributed by atoms with E-state index < -0.39 is 0 Å². The molecule has 0 aliphatic carbocycles. The zero-order valence-electron chi connectivity index (χ0n) is 9.85. The van der Waals surface area contributed by atoms with Crippen LogP contribution >= 0.6 is 28.1 Å². The molecule has 6 heteroatoms. The molecule has 0 fully saturated rings. The van der Waals surface area contributed by atoms with Gasteiger partial charge in [-0.1, -0.05) is 28.1 Å². The van der Waals surface area contributed by atoms with Crippen molar-refractivity contribution in [1.82, 2.24) is 9.78 Å². The van der Waals surface area contributed by atoms with Gasteiger partial charge in [-0.3, -0.25) is 4.68 Å². The summed E-state index contributed by atoms with van der Waals surface area (Å²) in [4.78, 5) is 0.381. The summed E-state index contributed by atoms with van der Waals surface area (Å²) in [7, 11) is 1.89. The van der Waals surface area contributed by atoms with Crippen molar-refractivity contribution < 1.29 is 0 Å². The summed E-state index contributed by atoms with van der Waals surface area (Å²) in [5.41, 5.74) is 8.40. The topological polar surface area (TPSA) is 55.9 Å². The first-order valence-corrected chi connectivity index (χ1v) is 6.58. The maximum absolute atomic E-state index is 5.69. The van der Waals surface area contributed by atoms with Crippen molar-refractivity contribution >= 4 is 38.8 Å². The van der Waals surface area contributed by atoms with Gasteiger partial charge in [-0.05, 0) is 24.3 Å². The largest absolute Gasteiger partial charge is 0.389 e. The lowest BCUT2D eigenvalue weighted by Gasteiger charge is -2.10. The molecule has 1 aromatic heterocycles. The lowest BCUT2D eigenvalue weighted by molar-refractivity contribution is 0.747. The molecule has 0 radical (unpaired) electrons. The van der Waals surface area contributed by atoms with Crippen molar-refractivity contribution in [2.75, 3.05) is 5.32 Å². The number of halogens is 1. The molecule has 2 aromatic rings. The standard InChI is InChI=1S/C12H13BrN4S/c1-17-5-4-9(16-17)7-15-11-6-8(13)2-3-10(11)12(14)18/h2-6,15H,7H2,1H3,(H2,14,18). The third-order valence-electron chi connectivity index (χ3n) is 2.48. The average Bonchev–Trinajstić information content (AvgIpc) is 2.72. The van der Waals surface area contributed by atoms with Gasteiger partial charge in [-0.15, -0.1) is 0 Å². The molecular formula is C12H13BrN4S. The van der Waals surface area contributed by atoms with Crippen LogP contribution in [0.1, 0.15) is 11.3 Å². The summed E-state index contributed by atoms with van der Waals surface area (Å²) >= 11 is 8.46. The summed E-state index contributed by atoms with van der Waals surface area (Å²) in [6.07, 6.45) is 1.91. The highest BCUT2D eigenvalue weighted by Gasteiger charge is 2.06. The van der Waals surface area contributed by atoms with Gasteiger partial charge in [-0.2, -0.15) is 5.10 Å². The first-order chi connectivity index (χ1) is 8.56. The van der Waals surface area contributed by atoms with Crippen LogP contribution in [0.3, 0.4) is 0 Å². The maximum Gasteiger partial charge on any atom is 0.106 e. The van der Waals surface area contributed by atoms with Crippen molar-refractivity contribution in [3.05, 3.63) is 46.2 Å². The molecule has 0 saturated heterocycles. The number of nitrogens with one attached hydrogen (secondary N) is 1. The summed E-state index contributed by atoms with van der Waals surface area (Å²) in [6.45, 7) is 0.632. The maximum atomic E-state index is 5.69. The van der Waals surface area contributed by atoms with Crippen LogP contribution in [0.2, 0.25) is 0 Å². The van der Waals surface area contributed by atoms with Gasteiger partial charge in [0, 0.05) is 29.0 Å². The summed E-state index contributed by atoms with van der Waals surface area (Å²) < 4.78 is 2.75. The van der Waals surface area contributed by atoms with Crippen molar-refractivity contribution in [1.29, 1.82) is 0 Å². The Kier molecular flexibility index (Phi) is 3.98. The molecular weight excluding hydrogens is 312 g/mol. The van der Waals surface area contributed by atoms with Crippen molar-refractivity contribution in [2.45, 2.75) is 6.54 Å². The van der Waals surface area contributed by atoms with E-state index in [1.165, 1.54) is 0 Å². The van der Waals surface area contributed by atoms with Gasteiger partial charge in [0.15, 0.2) is 0 Å². The van der Waals surface area contributed by atoms with E-state index in [1.807, 2.05) is 37.5 Å². The van der Waals surface area contributed by atoms with E-state index in [4.69, 9.17) is 18.0 Å². The molecule has 3 N–H and O–H groups in total. The quantitative estimate of drug-likeness (QED) is 0.848. The summed E-state index contributed by atoms with van der Waals surface area (Å²) in [5.74, 6) is 0. The Hall–Kier alpha value is -1.40. The zero-order valence-corrected chi connectivity index (χ0v) is 12.3. The van der Waals surface area contributed by atoms with Crippen LogP contribution in [-0.4, -0.2) is 14.8 Å². The smallest absolute Gasteiger partial charge is 0.106 e. The third kappa shape index (κ3) is 3.08. The molecule has 0 bridgehead atoms. The van der Waals surface area contributed by atoms with Gasteiger partial charge in [-0.25, -0.2) is 0 Å². The zero-order chi connectivity index (χ0) is 13.1. The van der Waals surface area contributed by atoms with Crippen LogP contribution in [0.5, 0.6) is 0 Å². The number of aryl methyl sites for hydroxylation is 1. The van der Waals surface area contributed by atoms with Gasteiger partial charge >= 0.3 is 0 Å². The molecule has 0 saturated carbocycles. The molecule has 0 spiro atoms. The Morgan fingerprint density at radius 1 is 1.50 bits per heavy atom. The Morgan fingerprint density at radius 3 is 2.89 bits per heavy atom. The first-order valence-electron chi connectivity index (χ1n) is 5.38. The Balaban J connectivity index is 2.17. The molecule has 94 valence electrons. The van der Waals surface area contributed by atoms with Crippen molar-refractivity contribution in [3.63, 3.8) is 0 Å². The predicted molar refractivity (Wildman–Crippen MR) is 80.6 cm³/mol. The van der Waals surface area contributed by atoms with E-state index in [9.17, 15) is 0 Å². The van der Waals surface area contributed by atoms with E-state index in [2.05, 4.69) is 26.3 Å². The van der Waals surface area contributed by atoms with E-state index in [0.29, 0.717) is 11.5 Å². The lowest BCUT2D eigenvalue weighted by atomic mass is 10.1. The monoisotopic (exact) mass is 324 g/mol. The van der Waals surface area contributed by atoms with Gasteiger partial charge < -0.3 is 11.1 Å². The molecule has 2 rings (SSSR count). The molecule has 0 atom stereocenters. The number of anilines is 1. The third-order valence-corrected chi connectivity index (χ3v) is 3.19. The van der Waals surface area contributed by atoms with Gasteiger partial charge in [0.25, 0.3) is 0 Å². The Morgan fingerprint density at radius 2 is 2.28 bits per heavy atom. The number of hydrogen-bond acceptors (Lipinski definition) is 3.